The van der Waals surface area contributed by atoms with Gasteiger partial charge in [-0.15, -0.1) is 11.3 Å². The van der Waals surface area contributed by atoms with Gasteiger partial charge in [0.1, 0.15) is 0 Å². The number of aryl methyl sites for hydroxylation is 1. The summed E-state index contributed by atoms with van der Waals surface area (Å²) in [6, 6.07) is 5.81. The van der Waals surface area contributed by atoms with Gasteiger partial charge in [0.25, 0.3) is 0 Å². The third kappa shape index (κ3) is 3.51. The van der Waals surface area contributed by atoms with Crippen molar-refractivity contribution in [1.82, 2.24) is 14.9 Å². The average Bonchev–Trinajstić information content (AvgIpc) is 3.28. The molecule has 1 aliphatic rings. The SMILES string of the molecule is Cc1ccsc1[C@@H]1CCN(Cc2cnc(-c3ccco3)nc2)C[C@H]1O. The highest BCUT2D eigenvalue weighted by molar-refractivity contribution is 7.10. The second-order valence-electron chi connectivity index (χ2n) is 6.56. The fourth-order valence-electron chi connectivity index (χ4n) is 3.44. The number of hydrogen-bond acceptors (Lipinski definition) is 6. The average molecular weight is 355 g/mol. The van der Waals surface area contributed by atoms with Gasteiger partial charge >= 0.3 is 0 Å². The summed E-state index contributed by atoms with van der Waals surface area (Å²) in [5.41, 5.74) is 2.35. The van der Waals surface area contributed by atoms with E-state index in [0.717, 1.165) is 25.1 Å². The number of nitrogens with zero attached hydrogens (tertiary/aromatic N) is 3. The summed E-state index contributed by atoms with van der Waals surface area (Å²) in [6.07, 6.45) is 5.95. The molecule has 5 nitrogen and oxygen atoms in total. The fraction of sp³-hybridized carbons (Fsp3) is 0.368. The van der Waals surface area contributed by atoms with Crippen LogP contribution in [0.5, 0.6) is 0 Å². The maximum Gasteiger partial charge on any atom is 0.195 e. The summed E-state index contributed by atoms with van der Waals surface area (Å²) in [7, 11) is 0. The predicted molar refractivity (Wildman–Crippen MR) is 97.4 cm³/mol. The van der Waals surface area contributed by atoms with E-state index in [0.29, 0.717) is 18.1 Å². The molecule has 4 heterocycles. The summed E-state index contributed by atoms with van der Waals surface area (Å²) >= 11 is 1.76. The number of hydrogen-bond donors (Lipinski definition) is 1. The van der Waals surface area contributed by atoms with Crippen molar-refractivity contribution >= 4 is 11.3 Å². The monoisotopic (exact) mass is 355 g/mol. The molecule has 25 heavy (non-hydrogen) atoms. The molecule has 0 unspecified atom stereocenters. The van der Waals surface area contributed by atoms with Crippen molar-refractivity contribution in [3.63, 3.8) is 0 Å². The van der Waals surface area contributed by atoms with Crippen molar-refractivity contribution in [3.05, 3.63) is 58.2 Å². The van der Waals surface area contributed by atoms with Crippen molar-refractivity contribution < 1.29 is 9.52 Å². The van der Waals surface area contributed by atoms with Gasteiger partial charge in [0.05, 0.1) is 12.4 Å². The highest BCUT2D eigenvalue weighted by Crippen LogP contribution is 2.34. The Morgan fingerprint density at radius 2 is 2.16 bits per heavy atom. The van der Waals surface area contributed by atoms with Gasteiger partial charge < -0.3 is 9.52 Å². The Morgan fingerprint density at radius 1 is 1.32 bits per heavy atom. The van der Waals surface area contributed by atoms with Crippen LogP contribution in [0, 0.1) is 6.92 Å². The van der Waals surface area contributed by atoms with E-state index in [-0.39, 0.29) is 12.0 Å². The van der Waals surface area contributed by atoms with E-state index in [2.05, 4.69) is 33.2 Å². The number of rotatable bonds is 4. The van der Waals surface area contributed by atoms with Crippen molar-refractivity contribution in [2.75, 3.05) is 13.1 Å². The first-order valence-corrected chi connectivity index (χ1v) is 9.38. The Balaban J connectivity index is 1.39. The summed E-state index contributed by atoms with van der Waals surface area (Å²) < 4.78 is 5.31. The molecule has 1 N–H and O–H groups in total. The smallest absolute Gasteiger partial charge is 0.195 e. The van der Waals surface area contributed by atoms with E-state index in [9.17, 15) is 5.11 Å². The Kier molecular flexibility index (Phi) is 4.65. The first-order chi connectivity index (χ1) is 12.2. The van der Waals surface area contributed by atoms with E-state index in [4.69, 9.17) is 4.42 Å². The molecule has 3 aromatic rings. The third-order valence-corrected chi connectivity index (χ3v) is 5.91. The Hall–Kier alpha value is -2.02. The molecule has 6 heteroatoms. The minimum Gasteiger partial charge on any atom is -0.461 e. The molecule has 1 aliphatic heterocycles. The molecule has 0 radical (unpaired) electrons. The molecule has 0 amide bonds. The highest BCUT2D eigenvalue weighted by Gasteiger charge is 2.30. The molecule has 4 rings (SSSR count). The van der Waals surface area contributed by atoms with Crippen LogP contribution in [-0.2, 0) is 6.54 Å². The quantitative estimate of drug-likeness (QED) is 0.776. The zero-order valence-electron chi connectivity index (χ0n) is 14.1. The third-order valence-electron chi connectivity index (χ3n) is 4.76. The van der Waals surface area contributed by atoms with E-state index < -0.39 is 0 Å². The van der Waals surface area contributed by atoms with Gasteiger partial charge in [0.15, 0.2) is 11.6 Å². The summed E-state index contributed by atoms with van der Waals surface area (Å²) in [4.78, 5) is 12.4. The molecule has 2 atom stereocenters. The van der Waals surface area contributed by atoms with Crippen LogP contribution in [0.15, 0.2) is 46.7 Å². The van der Waals surface area contributed by atoms with Crippen LogP contribution >= 0.6 is 11.3 Å². The minimum absolute atomic E-state index is 0.258. The summed E-state index contributed by atoms with van der Waals surface area (Å²) in [5.74, 6) is 1.53. The molecular formula is C19H21N3O2S. The van der Waals surface area contributed by atoms with Crippen LogP contribution in [0.3, 0.4) is 0 Å². The van der Waals surface area contributed by atoms with Gasteiger partial charge in [0, 0.05) is 41.8 Å². The zero-order valence-corrected chi connectivity index (χ0v) is 14.9. The van der Waals surface area contributed by atoms with Gasteiger partial charge in [-0.2, -0.15) is 0 Å². The van der Waals surface area contributed by atoms with Gasteiger partial charge in [0.2, 0.25) is 0 Å². The number of likely N-dealkylation sites (tertiary alicyclic amines) is 1. The van der Waals surface area contributed by atoms with Crippen molar-refractivity contribution in [1.29, 1.82) is 0 Å². The van der Waals surface area contributed by atoms with Crippen molar-refractivity contribution in [2.24, 2.45) is 0 Å². The molecule has 1 fully saturated rings. The second-order valence-corrected chi connectivity index (χ2v) is 7.51. The molecule has 0 aliphatic carbocycles. The molecule has 0 saturated carbocycles. The number of thiophene rings is 1. The maximum atomic E-state index is 10.6. The zero-order chi connectivity index (χ0) is 17.2. The lowest BCUT2D eigenvalue weighted by atomic mass is 9.90. The van der Waals surface area contributed by atoms with Crippen LogP contribution in [-0.4, -0.2) is 39.2 Å². The van der Waals surface area contributed by atoms with E-state index in [1.165, 1.54) is 10.4 Å². The fourth-order valence-corrected chi connectivity index (χ4v) is 4.56. The van der Waals surface area contributed by atoms with Crippen molar-refractivity contribution in [2.45, 2.75) is 31.9 Å². The van der Waals surface area contributed by atoms with E-state index in [1.54, 1.807) is 17.6 Å². The first kappa shape index (κ1) is 16.4. The minimum atomic E-state index is -0.325. The van der Waals surface area contributed by atoms with Gasteiger partial charge in [-0.05, 0) is 49.0 Å². The number of furan rings is 1. The first-order valence-electron chi connectivity index (χ1n) is 8.50. The normalized spacial score (nSPS) is 21.5. The lowest BCUT2D eigenvalue weighted by Gasteiger charge is -2.35. The largest absolute Gasteiger partial charge is 0.461 e. The highest BCUT2D eigenvalue weighted by atomic mass is 32.1. The molecule has 0 spiro atoms. The van der Waals surface area contributed by atoms with Crippen LogP contribution < -0.4 is 0 Å². The van der Waals surface area contributed by atoms with Crippen LogP contribution in [0.2, 0.25) is 0 Å². The topological polar surface area (TPSA) is 62.4 Å². The maximum absolute atomic E-state index is 10.6. The predicted octanol–water partition coefficient (Wildman–Crippen LogP) is 3.46. The number of piperidine rings is 1. The lowest BCUT2D eigenvalue weighted by Crippen LogP contribution is -2.42. The van der Waals surface area contributed by atoms with Gasteiger partial charge in [-0.3, -0.25) is 4.90 Å². The number of β-amino-alcohol motifs (C(OH)–C–C–N with tert-alkyl or cyclic N) is 1. The number of aliphatic hydroxyl groups excluding tert-OH is 1. The standard InChI is InChI=1S/C19H21N3O2S/c1-13-5-8-25-18(13)15-4-6-22(12-16(15)23)11-14-9-20-19(21-10-14)17-3-2-7-24-17/h2-3,5,7-10,15-16,23H,4,6,11-12H2,1H3/t15-,16-/m1/s1. The lowest BCUT2D eigenvalue weighted by molar-refractivity contribution is 0.0484. The second kappa shape index (κ2) is 7.07. The Morgan fingerprint density at radius 3 is 2.80 bits per heavy atom. The van der Waals surface area contributed by atoms with Gasteiger partial charge in [-0.1, -0.05) is 0 Å². The molecule has 130 valence electrons. The van der Waals surface area contributed by atoms with E-state index >= 15 is 0 Å². The molecular weight excluding hydrogens is 334 g/mol. The van der Waals surface area contributed by atoms with Gasteiger partial charge in [-0.25, -0.2) is 9.97 Å². The number of aromatic nitrogens is 2. The molecule has 0 aromatic carbocycles. The molecule has 0 bridgehead atoms. The van der Waals surface area contributed by atoms with Crippen LogP contribution in [0.25, 0.3) is 11.6 Å². The van der Waals surface area contributed by atoms with E-state index in [1.807, 2.05) is 24.5 Å². The summed E-state index contributed by atoms with van der Waals surface area (Å²) in [6.45, 7) is 4.54. The van der Waals surface area contributed by atoms with Crippen LogP contribution in [0.4, 0.5) is 0 Å². The molecule has 3 aromatic heterocycles. The number of aliphatic hydroxyl groups is 1. The summed E-state index contributed by atoms with van der Waals surface area (Å²) in [5, 5.41) is 12.7. The molecule has 1 saturated heterocycles. The Labute approximate surface area is 151 Å². The van der Waals surface area contributed by atoms with Crippen LogP contribution in [0.1, 0.15) is 28.3 Å². The van der Waals surface area contributed by atoms with Crippen molar-refractivity contribution in [3.8, 4) is 11.6 Å². The Bertz CT molecular complexity index is 814.